The van der Waals surface area contributed by atoms with Crippen LogP contribution in [0, 0.1) is 61.0 Å². The van der Waals surface area contributed by atoms with E-state index in [1.807, 2.05) is 30.3 Å². The molecular weight excluding hydrogens is 422 g/mol. The molecule has 0 spiro atoms. The number of hydrogen-bond acceptors (Lipinski definition) is 0. The molecule has 4 rings (SSSR count). The highest BCUT2D eigenvalue weighted by molar-refractivity contribution is 5.49. The lowest BCUT2D eigenvalue weighted by atomic mass is 9.80. The number of benzene rings is 3. The van der Waals surface area contributed by atoms with Crippen molar-refractivity contribution in [2.45, 2.75) is 52.9 Å². The van der Waals surface area contributed by atoms with Crippen molar-refractivity contribution in [2.24, 2.45) is 11.8 Å². The van der Waals surface area contributed by atoms with Crippen molar-refractivity contribution in [1.82, 2.24) is 0 Å². The van der Waals surface area contributed by atoms with Gasteiger partial charge in [-0.3, -0.25) is 0 Å². The van der Waals surface area contributed by atoms with Crippen molar-refractivity contribution in [3.63, 3.8) is 0 Å². The molecule has 34 heavy (non-hydrogen) atoms. The Hall–Kier alpha value is -3.36. The summed E-state index contributed by atoms with van der Waals surface area (Å²) in [4.78, 5) is 0. The number of halogens is 2. The maximum absolute atomic E-state index is 14.6. The van der Waals surface area contributed by atoms with Gasteiger partial charge in [0.15, 0.2) is 0 Å². The van der Waals surface area contributed by atoms with Crippen LogP contribution in [-0.2, 0) is 6.42 Å². The monoisotopic (exact) mass is 452 g/mol. The Morgan fingerprint density at radius 2 is 1.21 bits per heavy atom. The van der Waals surface area contributed by atoms with Gasteiger partial charge in [0.05, 0.1) is 5.56 Å². The summed E-state index contributed by atoms with van der Waals surface area (Å²) >= 11 is 0. The molecule has 0 aliphatic heterocycles. The van der Waals surface area contributed by atoms with Gasteiger partial charge in [-0.1, -0.05) is 49.5 Å². The average molecular weight is 453 g/mol. The molecule has 0 bridgehead atoms. The van der Waals surface area contributed by atoms with Crippen molar-refractivity contribution in [2.75, 3.05) is 0 Å². The predicted octanol–water partition coefficient (Wildman–Crippen LogP) is 7.75. The van der Waals surface area contributed by atoms with Crippen LogP contribution in [0.3, 0.4) is 0 Å². The zero-order valence-electron chi connectivity index (χ0n) is 20.1. The molecule has 2 heteroatoms. The van der Waals surface area contributed by atoms with E-state index in [2.05, 4.69) is 56.6 Å². The molecule has 1 aliphatic rings. The minimum absolute atomic E-state index is 0.167. The van der Waals surface area contributed by atoms with Crippen LogP contribution in [0.25, 0.3) is 0 Å². The topological polar surface area (TPSA) is 0 Å². The van der Waals surface area contributed by atoms with Crippen LogP contribution in [0.15, 0.2) is 54.6 Å². The summed E-state index contributed by atoms with van der Waals surface area (Å²) in [5, 5.41) is 0. The summed E-state index contributed by atoms with van der Waals surface area (Å²) in [6.07, 6.45) is 5.41. The van der Waals surface area contributed by atoms with E-state index in [0.717, 1.165) is 41.9 Å². The molecule has 0 amide bonds. The van der Waals surface area contributed by atoms with Crippen molar-refractivity contribution in [3.05, 3.63) is 105 Å². The maximum Gasteiger partial charge on any atom is 0.142 e. The molecule has 172 valence electrons. The van der Waals surface area contributed by atoms with Crippen LogP contribution < -0.4 is 0 Å². The third kappa shape index (κ3) is 6.15. The van der Waals surface area contributed by atoms with Gasteiger partial charge in [0.25, 0.3) is 0 Å². The second kappa shape index (κ2) is 10.7. The van der Waals surface area contributed by atoms with Gasteiger partial charge in [0.1, 0.15) is 11.6 Å². The van der Waals surface area contributed by atoms with E-state index in [-0.39, 0.29) is 5.56 Å². The molecule has 3 aromatic rings. The normalized spacial score (nSPS) is 17.3. The van der Waals surface area contributed by atoms with E-state index in [1.54, 1.807) is 0 Å². The minimum atomic E-state index is -0.581. The summed E-state index contributed by atoms with van der Waals surface area (Å²) in [5.41, 5.74) is 5.55. The van der Waals surface area contributed by atoms with Crippen molar-refractivity contribution >= 4 is 0 Å². The lowest BCUT2D eigenvalue weighted by molar-refractivity contribution is 0.288. The number of hydrogen-bond donors (Lipinski definition) is 0. The zero-order valence-corrected chi connectivity index (χ0v) is 20.1. The lowest BCUT2D eigenvalue weighted by Gasteiger charge is -2.26. The fourth-order valence-electron chi connectivity index (χ4n) is 4.46. The van der Waals surface area contributed by atoms with E-state index in [0.29, 0.717) is 11.5 Å². The van der Waals surface area contributed by atoms with Crippen LogP contribution >= 0.6 is 0 Å². The van der Waals surface area contributed by atoms with Crippen LogP contribution in [0.2, 0.25) is 0 Å². The van der Waals surface area contributed by atoms with Crippen LogP contribution in [-0.4, -0.2) is 0 Å². The fraction of sp³-hybridized carbons (Fsp3) is 0.312. The first-order valence-electron chi connectivity index (χ1n) is 12.1. The van der Waals surface area contributed by atoms with Crippen LogP contribution in [0.5, 0.6) is 0 Å². The average Bonchev–Trinajstić information content (AvgIpc) is 2.81. The fourth-order valence-corrected chi connectivity index (χ4v) is 4.46. The SMILES string of the molecule is Cc1ccc(C#Cc2ccc(C#Cc3c(F)cc(CC4CCC(C)CC4)cc3F)cc2)cc1C. The molecule has 0 unspecified atom stereocenters. The summed E-state index contributed by atoms with van der Waals surface area (Å²) in [5.74, 6) is 12.0. The summed E-state index contributed by atoms with van der Waals surface area (Å²) in [7, 11) is 0. The Morgan fingerprint density at radius 1 is 0.676 bits per heavy atom. The molecule has 1 fully saturated rings. The molecule has 1 saturated carbocycles. The quantitative estimate of drug-likeness (QED) is 0.349. The largest absolute Gasteiger partial charge is 0.206 e. The Kier molecular flexibility index (Phi) is 7.49. The molecule has 3 aromatic carbocycles. The molecular formula is C32H30F2. The van der Waals surface area contributed by atoms with Crippen LogP contribution in [0.4, 0.5) is 8.78 Å². The molecule has 0 radical (unpaired) electrons. The van der Waals surface area contributed by atoms with Gasteiger partial charge in [-0.15, -0.1) is 0 Å². The lowest BCUT2D eigenvalue weighted by Crippen LogP contribution is -2.14. The van der Waals surface area contributed by atoms with E-state index in [9.17, 15) is 8.78 Å². The van der Waals surface area contributed by atoms with Gasteiger partial charge in [0, 0.05) is 16.7 Å². The first kappa shape index (κ1) is 23.8. The highest BCUT2D eigenvalue weighted by Crippen LogP contribution is 2.31. The van der Waals surface area contributed by atoms with Gasteiger partial charge in [-0.25, -0.2) is 8.78 Å². The third-order valence-corrected chi connectivity index (χ3v) is 6.84. The highest BCUT2D eigenvalue weighted by atomic mass is 19.1. The first-order valence-corrected chi connectivity index (χ1v) is 12.1. The van der Waals surface area contributed by atoms with E-state index >= 15 is 0 Å². The Labute approximate surface area is 202 Å². The van der Waals surface area contributed by atoms with E-state index in [1.165, 1.54) is 36.1 Å². The third-order valence-electron chi connectivity index (χ3n) is 6.84. The predicted molar refractivity (Wildman–Crippen MR) is 136 cm³/mol. The second-order valence-corrected chi connectivity index (χ2v) is 9.64. The second-order valence-electron chi connectivity index (χ2n) is 9.64. The molecule has 1 aliphatic carbocycles. The van der Waals surface area contributed by atoms with Crippen molar-refractivity contribution < 1.29 is 8.78 Å². The summed E-state index contributed by atoms with van der Waals surface area (Å²) < 4.78 is 29.3. The van der Waals surface area contributed by atoms with Gasteiger partial charge in [0.2, 0.25) is 0 Å². The van der Waals surface area contributed by atoms with Crippen molar-refractivity contribution in [3.8, 4) is 23.7 Å². The maximum atomic E-state index is 14.6. The first-order chi connectivity index (χ1) is 16.4. The van der Waals surface area contributed by atoms with E-state index in [4.69, 9.17) is 0 Å². The van der Waals surface area contributed by atoms with Gasteiger partial charge in [-0.2, -0.15) is 0 Å². The number of rotatable bonds is 2. The van der Waals surface area contributed by atoms with Gasteiger partial charge in [-0.05, 0) is 110 Å². The Balaban J connectivity index is 1.44. The van der Waals surface area contributed by atoms with Gasteiger partial charge < -0.3 is 0 Å². The summed E-state index contributed by atoms with van der Waals surface area (Å²) in [6, 6.07) is 16.5. The van der Waals surface area contributed by atoms with Crippen molar-refractivity contribution in [1.29, 1.82) is 0 Å². The Bertz CT molecular complexity index is 1260. The molecule has 0 nitrogen and oxygen atoms in total. The zero-order chi connectivity index (χ0) is 24.1. The Morgan fingerprint density at radius 3 is 1.79 bits per heavy atom. The summed E-state index contributed by atoms with van der Waals surface area (Å²) in [6.45, 7) is 6.43. The van der Waals surface area contributed by atoms with Crippen LogP contribution in [0.1, 0.15) is 71.6 Å². The molecule has 0 heterocycles. The minimum Gasteiger partial charge on any atom is -0.206 e. The molecule has 0 saturated heterocycles. The standard InChI is InChI=1S/C32H30F2/c1-22-4-7-28(8-5-22)19-29-20-31(33)30(32(34)21-29)17-16-26-12-10-25(11-13-26)14-15-27-9-6-23(2)24(3)18-27/h6,9-13,18,20-22,28H,4-5,7-8,19H2,1-3H3. The highest BCUT2D eigenvalue weighted by Gasteiger charge is 2.19. The van der Waals surface area contributed by atoms with E-state index < -0.39 is 11.6 Å². The van der Waals surface area contributed by atoms with Gasteiger partial charge >= 0.3 is 0 Å². The molecule has 0 N–H and O–H groups in total. The smallest absolute Gasteiger partial charge is 0.142 e. The molecule has 0 aromatic heterocycles. The molecule has 0 atom stereocenters. The number of aryl methyl sites for hydroxylation is 2.